The van der Waals surface area contributed by atoms with Crippen molar-refractivity contribution in [2.75, 3.05) is 0 Å². The average Bonchev–Trinajstić information content (AvgIpc) is 2.19. The maximum absolute atomic E-state index is 13.0. The first kappa shape index (κ1) is 14.0. The Kier molecular flexibility index (Phi) is 6.88. The fourth-order valence-corrected chi connectivity index (χ4v) is 0.979. The van der Waals surface area contributed by atoms with Gasteiger partial charge in [-0.2, -0.15) is 0 Å². The number of hydrogen-bond donors (Lipinski definition) is 1. The van der Waals surface area contributed by atoms with Gasteiger partial charge in [0.1, 0.15) is 11.6 Å². The molecule has 1 nitrogen and oxygen atoms in total. The van der Waals surface area contributed by atoms with Gasteiger partial charge in [0.2, 0.25) is 0 Å². The normalized spacial score (nSPS) is 9.80. The first-order valence-electron chi connectivity index (χ1n) is 5.27. The van der Waals surface area contributed by atoms with Crippen LogP contribution in [0.3, 0.4) is 0 Å². The molecule has 15 heavy (non-hydrogen) atoms. The van der Waals surface area contributed by atoms with Crippen molar-refractivity contribution in [2.24, 2.45) is 0 Å². The highest BCUT2D eigenvalue weighted by molar-refractivity contribution is 5.18. The van der Waals surface area contributed by atoms with Crippen LogP contribution in [0.4, 0.5) is 8.78 Å². The van der Waals surface area contributed by atoms with Crippen molar-refractivity contribution in [3.8, 4) is 0 Å². The van der Waals surface area contributed by atoms with Crippen molar-refractivity contribution in [1.29, 1.82) is 0 Å². The number of benzene rings is 1. The number of hydrogen-bond acceptors (Lipinski definition) is 1. The van der Waals surface area contributed by atoms with E-state index in [2.05, 4.69) is 5.32 Å². The van der Waals surface area contributed by atoms with E-state index in [0.717, 1.165) is 6.07 Å². The van der Waals surface area contributed by atoms with E-state index >= 15 is 0 Å². The van der Waals surface area contributed by atoms with Gasteiger partial charge < -0.3 is 5.32 Å². The molecular formula is C12H19F2N. The Bertz CT molecular complexity index is 285. The highest BCUT2D eigenvalue weighted by Crippen LogP contribution is 2.09. The van der Waals surface area contributed by atoms with Gasteiger partial charge in [0.05, 0.1) is 0 Å². The van der Waals surface area contributed by atoms with Crippen LogP contribution < -0.4 is 5.32 Å². The van der Waals surface area contributed by atoms with Crippen molar-refractivity contribution in [3.63, 3.8) is 0 Å². The summed E-state index contributed by atoms with van der Waals surface area (Å²) in [6.07, 6.45) is 0. The molecule has 0 bridgehead atoms. The molecule has 0 fully saturated rings. The van der Waals surface area contributed by atoms with E-state index in [-0.39, 0.29) is 0 Å². The molecule has 0 aliphatic rings. The standard InChI is InChI=1S/C10H13F2N.C2H6/c1-7(2)13-6-8-3-4-9(11)5-10(8)12;1-2/h3-5,7,13H,6H2,1-2H3;1-2H3. The van der Waals surface area contributed by atoms with Crippen LogP contribution in [0.5, 0.6) is 0 Å². The van der Waals surface area contributed by atoms with Gasteiger partial charge in [0, 0.05) is 24.2 Å². The molecule has 1 aromatic rings. The highest BCUT2D eigenvalue weighted by Gasteiger charge is 2.03. The molecule has 0 spiro atoms. The summed E-state index contributed by atoms with van der Waals surface area (Å²) < 4.78 is 25.5. The lowest BCUT2D eigenvalue weighted by Gasteiger charge is -2.08. The molecule has 0 saturated heterocycles. The Labute approximate surface area is 90.5 Å². The topological polar surface area (TPSA) is 12.0 Å². The first-order chi connectivity index (χ1) is 7.09. The lowest BCUT2D eigenvalue weighted by Crippen LogP contribution is -2.22. The van der Waals surface area contributed by atoms with E-state index in [1.807, 2.05) is 27.7 Å². The van der Waals surface area contributed by atoms with Gasteiger partial charge in [0.25, 0.3) is 0 Å². The fourth-order valence-electron chi connectivity index (χ4n) is 0.979. The van der Waals surface area contributed by atoms with E-state index in [1.54, 1.807) is 0 Å². The van der Waals surface area contributed by atoms with Gasteiger partial charge in [-0.1, -0.05) is 33.8 Å². The first-order valence-corrected chi connectivity index (χ1v) is 5.27. The molecule has 86 valence electrons. The van der Waals surface area contributed by atoms with Crippen molar-refractivity contribution in [1.82, 2.24) is 5.32 Å². The third-order valence-electron chi connectivity index (χ3n) is 1.72. The van der Waals surface area contributed by atoms with Crippen LogP contribution in [0, 0.1) is 11.6 Å². The zero-order valence-electron chi connectivity index (χ0n) is 9.77. The SMILES string of the molecule is CC.CC(C)NCc1ccc(F)cc1F. The van der Waals surface area contributed by atoms with E-state index in [1.165, 1.54) is 12.1 Å². The van der Waals surface area contributed by atoms with Crippen LogP contribution in [0.1, 0.15) is 33.3 Å². The van der Waals surface area contributed by atoms with Crippen LogP contribution in [-0.4, -0.2) is 6.04 Å². The summed E-state index contributed by atoms with van der Waals surface area (Å²) in [6.45, 7) is 8.38. The fraction of sp³-hybridized carbons (Fsp3) is 0.500. The van der Waals surface area contributed by atoms with Crippen LogP contribution in [0.2, 0.25) is 0 Å². The molecule has 1 aromatic carbocycles. The monoisotopic (exact) mass is 215 g/mol. The predicted molar refractivity (Wildman–Crippen MR) is 59.7 cm³/mol. The van der Waals surface area contributed by atoms with E-state index in [4.69, 9.17) is 0 Å². The molecule has 3 heteroatoms. The Morgan fingerprint density at radius 3 is 2.27 bits per heavy atom. The second kappa shape index (κ2) is 7.35. The molecule has 0 unspecified atom stereocenters. The molecule has 0 atom stereocenters. The molecule has 0 aliphatic carbocycles. The Morgan fingerprint density at radius 1 is 1.20 bits per heavy atom. The van der Waals surface area contributed by atoms with Crippen molar-refractivity contribution in [2.45, 2.75) is 40.3 Å². The van der Waals surface area contributed by atoms with Crippen LogP contribution in [-0.2, 0) is 6.54 Å². The van der Waals surface area contributed by atoms with E-state index in [0.29, 0.717) is 18.2 Å². The Hall–Kier alpha value is -0.960. The van der Waals surface area contributed by atoms with E-state index < -0.39 is 11.6 Å². The minimum absolute atomic E-state index is 0.296. The van der Waals surface area contributed by atoms with Crippen LogP contribution in [0.25, 0.3) is 0 Å². The molecular weight excluding hydrogens is 196 g/mol. The van der Waals surface area contributed by atoms with Crippen molar-refractivity contribution in [3.05, 3.63) is 35.4 Å². The van der Waals surface area contributed by atoms with Gasteiger partial charge >= 0.3 is 0 Å². The quantitative estimate of drug-likeness (QED) is 0.813. The summed E-state index contributed by atoms with van der Waals surface area (Å²) in [5.74, 6) is -1.03. The zero-order valence-corrected chi connectivity index (χ0v) is 9.77. The van der Waals surface area contributed by atoms with Crippen molar-refractivity contribution >= 4 is 0 Å². The minimum atomic E-state index is -0.536. The molecule has 0 aliphatic heterocycles. The molecule has 0 aromatic heterocycles. The summed E-state index contributed by atoms with van der Waals surface area (Å²) in [5.41, 5.74) is 0.495. The molecule has 0 heterocycles. The summed E-state index contributed by atoms with van der Waals surface area (Å²) in [5, 5.41) is 3.06. The molecule has 0 saturated carbocycles. The zero-order chi connectivity index (χ0) is 11.8. The largest absolute Gasteiger partial charge is 0.310 e. The van der Waals surface area contributed by atoms with Gasteiger partial charge in [-0.3, -0.25) is 0 Å². The molecule has 0 radical (unpaired) electrons. The average molecular weight is 215 g/mol. The molecule has 0 amide bonds. The molecule has 1 rings (SSSR count). The smallest absolute Gasteiger partial charge is 0.130 e. The summed E-state index contributed by atoms with van der Waals surface area (Å²) >= 11 is 0. The number of halogens is 2. The summed E-state index contributed by atoms with van der Waals surface area (Å²) in [6, 6.07) is 3.92. The maximum Gasteiger partial charge on any atom is 0.130 e. The summed E-state index contributed by atoms with van der Waals surface area (Å²) in [4.78, 5) is 0. The van der Waals surface area contributed by atoms with Gasteiger partial charge in [0.15, 0.2) is 0 Å². The Balaban J connectivity index is 0.000000921. The third-order valence-corrected chi connectivity index (χ3v) is 1.72. The van der Waals surface area contributed by atoms with Crippen molar-refractivity contribution < 1.29 is 8.78 Å². The number of nitrogens with one attached hydrogen (secondary N) is 1. The third kappa shape index (κ3) is 5.47. The lowest BCUT2D eigenvalue weighted by atomic mass is 10.2. The Morgan fingerprint density at radius 2 is 1.80 bits per heavy atom. The van der Waals surface area contributed by atoms with Gasteiger partial charge in [-0.05, 0) is 6.07 Å². The molecule has 1 N–H and O–H groups in total. The van der Waals surface area contributed by atoms with Crippen LogP contribution in [0.15, 0.2) is 18.2 Å². The van der Waals surface area contributed by atoms with E-state index in [9.17, 15) is 8.78 Å². The number of rotatable bonds is 3. The predicted octanol–water partition coefficient (Wildman–Crippen LogP) is 3.49. The second-order valence-corrected chi connectivity index (χ2v) is 3.27. The maximum atomic E-state index is 13.0. The highest BCUT2D eigenvalue weighted by atomic mass is 19.1. The van der Waals surface area contributed by atoms with Gasteiger partial charge in [-0.15, -0.1) is 0 Å². The van der Waals surface area contributed by atoms with Crippen LogP contribution >= 0.6 is 0 Å². The lowest BCUT2D eigenvalue weighted by molar-refractivity contribution is 0.540. The summed E-state index contributed by atoms with van der Waals surface area (Å²) in [7, 11) is 0. The second-order valence-electron chi connectivity index (χ2n) is 3.27. The van der Waals surface area contributed by atoms with Gasteiger partial charge in [-0.25, -0.2) is 8.78 Å². The minimum Gasteiger partial charge on any atom is -0.310 e.